The van der Waals surface area contributed by atoms with E-state index in [1.807, 2.05) is 0 Å². The molecule has 0 aliphatic heterocycles. The summed E-state index contributed by atoms with van der Waals surface area (Å²) in [5, 5.41) is 18.2. The lowest BCUT2D eigenvalue weighted by Gasteiger charge is -2.06. The molecule has 0 aliphatic rings. The second kappa shape index (κ2) is 4.83. The van der Waals surface area contributed by atoms with Crippen LogP contribution in [0.15, 0.2) is 18.2 Å². The van der Waals surface area contributed by atoms with E-state index in [1.54, 1.807) is 0 Å². The third-order valence-electron chi connectivity index (χ3n) is 1.86. The summed E-state index contributed by atoms with van der Waals surface area (Å²) < 4.78 is 12.9. The van der Waals surface area contributed by atoms with E-state index in [1.165, 1.54) is 12.1 Å². The first-order valence-electron chi connectivity index (χ1n) is 4.98. The first kappa shape index (κ1) is 13.0. The van der Waals surface area contributed by atoms with Crippen molar-refractivity contribution in [1.29, 1.82) is 0 Å². The van der Waals surface area contributed by atoms with Gasteiger partial charge in [0.15, 0.2) is 0 Å². The first-order chi connectivity index (χ1) is 7.29. The van der Waals surface area contributed by atoms with Crippen LogP contribution in [-0.4, -0.2) is 25.2 Å². The van der Waals surface area contributed by atoms with Gasteiger partial charge >= 0.3 is 7.12 Å². The van der Waals surface area contributed by atoms with Gasteiger partial charge in [0.05, 0.1) is 0 Å². The molecular weight excluding hydrogens is 222 g/mol. The summed E-state index contributed by atoms with van der Waals surface area (Å²) in [6.45, 7) is 6.25. The van der Waals surface area contributed by atoms with Crippen LogP contribution in [0.2, 0.25) is 19.6 Å². The van der Waals surface area contributed by atoms with Crippen molar-refractivity contribution in [2.24, 2.45) is 0 Å². The number of hydrogen-bond acceptors (Lipinski definition) is 2. The fourth-order valence-corrected chi connectivity index (χ4v) is 1.63. The van der Waals surface area contributed by atoms with Gasteiger partial charge in [-0.1, -0.05) is 25.6 Å². The fourth-order valence-electron chi connectivity index (χ4n) is 1.12. The average molecular weight is 236 g/mol. The predicted octanol–water partition coefficient (Wildman–Crippen LogP) is 0.734. The van der Waals surface area contributed by atoms with Gasteiger partial charge in [-0.2, -0.15) is 0 Å². The van der Waals surface area contributed by atoms with E-state index in [4.69, 9.17) is 10.0 Å². The smallest absolute Gasteiger partial charge is 0.423 e. The molecule has 16 heavy (non-hydrogen) atoms. The maximum absolute atomic E-state index is 12.9. The van der Waals surface area contributed by atoms with Crippen LogP contribution in [0.5, 0.6) is 0 Å². The summed E-state index contributed by atoms with van der Waals surface area (Å²) in [5.74, 6) is 2.39. The predicted molar refractivity (Wildman–Crippen MR) is 66.4 cm³/mol. The number of hydrogen-bond donors (Lipinski definition) is 2. The highest BCUT2D eigenvalue weighted by molar-refractivity contribution is 6.83. The molecule has 1 aromatic rings. The van der Waals surface area contributed by atoms with Crippen molar-refractivity contribution in [1.82, 2.24) is 0 Å². The van der Waals surface area contributed by atoms with Gasteiger partial charge in [0.1, 0.15) is 13.9 Å². The van der Waals surface area contributed by atoms with Crippen LogP contribution in [0, 0.1) is 17.3 Å². The van der Waals surface area contributed by atoms with E-state index < -0.39 is 21.0 Å². The lowest BCUT2D eigenvalue weighted by atomic mass is 9.77. The summed E-state index contributed by atoms with van der Waals surface area (Å²) in [7, 11) is -3.22. The molecule has 5 heteroatoms. The second-order valence-corrected chi connectivity index (χ2v) is 9.36. The zero-order chi connectivity index (χ0) is 12.3. The van der Waals surface area contributed by atoms with E-state index in [2.05, 4.69) is 31.1 Å². The number of halogens is 1. The van der Waals surface area contributed by atoms with Crippen molar-refractivity contribution in [3.8, 4) is 11.5 Å². The van der Waals surface area contributed by atoms with Gasteiger partial charge in [-0.05, 0) is 18.2 Å². The summed E-state index contributed by atoms with van der Waals surface area (Å²) in [6.07, 6.45) is 0. The fraction of sp³-hybridized carbons (Fsp3) is 0.273. The van der Waals surface area contributed by atoms with Crippen LogP contribution in [0.4, 0.5) is 4.39 Å². The lowest BCUT2D eigenvalue weighted by molar-refractivity contribution is 0.425. The molecule has 0 saturated carbocycles. The van der Waals surface area contributed by atoms with Crippen molar-refractivity contribution < 1.29 is 14.4 Å². The zero-order valence-electron chi connectivity index (χ0n) is 9.58. The van der Waals surface area contributed by atoms with Crippen molar-refractivity contribution in [3.05, 3.63) is 29.6 Å². The molecule has 0 heterocycles. The Morgan fingerprint density at radius 2 is 1.88 bits per heavy atom. The standard InChI is InChI=1S/C11H14BFO2Si/c1-16(2,3)7-6-9-4-5-10(13)8-11(9)12(14)15/h4-5,8,14-15H,1-3H3. The van der Waals surface area contributed by atoms with Crippen LogP contribution < -0.4 is 5.46 Å². The minimum absolute atomic E-state index is 0.116. The molecule has 0 fully saturated rings. The Morgan fingerprint density at radius 1 is 1.25 bits per heavy atom. The maximum atomic E-state index is 12.9. The number of rotatable bonds is 1. The van der Waals surface area contributed by atoms with Gasteiger partial charge in [0.25, 0.3) is 0 Å². The van der Waals surface area contributed by atoms with Crippen molar-refractivity contribution in [2.75, 3.05) is 0 Å². The Balaban J connectivity index is 3.17. The summed E-state index contributed by atoms with van der Waals surface area (Å²) >= 11 is 0. The number of benzene rings is 1. The molecule has 0 amide bonds. The van der Waals surface area contributed by atoms with Crippen LogP contribution in [0.1, 0.15) is 5.56 Å². The molecule has 0 aromatic heterocycles. The summed E-state index contributed by atoms with van der Waals surface area (Å²) in [6, 6.07) is 3.83. The van der Waals surface area contributed by atoms with Gasteiger partial charge in [0, 0.05) is 11.0 Å². The van der Waals surface area contributed by atoms with Crippen LogP contribution in [-0.2, 0) is 0 Å². The molecule has 1 rings (SSSR count). The third kappa shape index (κ3) is 3.82. The van der Waals surface area contributed by atoms with Gasteiger partial charge in [0.2, 0.25) is 0 Å². The second-order valence-electron chi connectivity index (χ2n) is 4.61. The molecule has 0 atom stereocenters. The first-order valence-corrected chi connectivity index (χ1v) is 8.48. The highest BCUT2D eigenvalue weighted by atomic mass is 28.3. The molecule has 0 bridgehead atoms. The molecular formula is C11H14BFO2Si. The van der Waals surface area contributed by atoms with Gasteiger partial charge in [-0.3, -0.25) is 0 Å². The van der Waals surface area contributed by atoms with Crippen LogP contribution >= 0.6 is 0 Å². The molecule has 84 valence electrons. The molecule has 0 unspecified atom stereocenters. The molecule has 2 nitrogen and oxygen atoms in total. The highest BCUT2D eigenvalue weighted by Crippen LogP contribution is 2.02. The Kier molecular flexibility index (Phi) is 3.92. The van der Waals surface area contributed by atoms with Gasteiger partial charge in [-0.25, -0.2) is 4.39 Å². The monoisotopic (exact) mass is 236 g/mol. The summed E-state index contributed by atoms with van der Waals surface area (Å²) in [4.78, 5) is 0. The largest absolute Gasteiger partial charge is 0.489 e. The topological polar surface area (TPSA) is 40.5 Å². The maximum Gasteiger partial charge on any atom is 0.489 e. The Hall–Kier alpha value is -1.09. The van der Waals surface area contributed by atoms with E-state index >= 15 is 0 Å². The van der Waals surface area contributed by atoms with E-state index in [0.29, 0.717) is 5.56 Å². The molecule has 0 radical (unpaired) electrons. The zero-order valence-corrected chi connectivity index (χ0v) is 10.6. The van der Waals surface area contributed by atoms with Crippen LogP contribution in [0.3, 0.4) is 0 Å². The molecule has 1 aromatic carbocycles. The molecule has 2 N–H and O–H groups in total. The van der Waals surface area contributed by atoms with E-state index in [9.17, 15) is 4.39 Å². The highest BCUT2D eigenvalue weighted by Gasteiger charge is 2.16. The minimum atomic E-state index is -1.69. The average Bonchev–Trinajstić information content (AvgIpc) is 2.14. The Labute approximate surface area is 96.3 Å². The molecule has 0 spiro atoms. The molecule has 0 saturated heterocycles. The van der Waals surface area contributed by atoms with Crippen molar-refractivity contribution >= 4 is 20.7 Å². The lowest BCUT2D eigenvalue weighted by Crippen LogP contribution is -2.32. The minimum Gasteiger partial charge on any atom is -0.423 e. The van der Waals surface area contributed by atoms with Crippen molar-refractivity contribution in [2.45, 2.75) is 19.6 Å². The third-order valence-corrected chi connectivity index (χ3v) is 2.74. The van der Waals surface area contributed by atoms with Crippen molar-refractivity contribution in [3.63, 3.8) is 0 Å². The Bertz CT molecular complexity index is 444. The summed E-state index contributed by atoms with van der Waals surface area (Å²) in [5.41, 5.74) is 3.68. The van der Waals surface area contributed by atoms with Gasteiger partial charge < -0.3 is 10.0 Å². The normalized spacial score (nSPS) is 10.6. The molecule has 0 aliphatic carbocycles. The van der Waals surface area contributed by atoms with Gasteiger partial charge in [-0.15, -0.1) is 5.54 Å². The quantitative estimate of drug-likeness (QED) is 0.557. The van der Waals surface area contributed by atoms with Crippen LogP contribution in [0.25, 0.3) is 0 Å². The van der Waals surface area contributed by atoms with E-state index in [-0.39, 0.29) is 5.46 Å². The SMILES string of the molecule is C[Si](C)(C)C#Cc1ccc(F)cc1B(O)O. The van der Waals surface area contributed by atoms with E-state index in [0.717, 1.165) is 6.07 Å². The Morgan fingerprint density at radius 3 is 2.38 bits per heavy atom.